The summed E-state index contributed by atoms with van der Waals surface area (Å²) in [7, 11) is 0. The first-order chi connectivity index (χ1) is 11.0. The molecule has 3 amide bonds. The van der Waals surface area contributed by atoms with E-state index in [1.54, 1.807) is 13.0 Å². The Kier molecular flexibility index (Phi) is 5.53. The van der Waals surface area contributed by atoms with Gasteiger partial charge in [0.2, 0.25) is 5.91 Å². The molecule has 1 heterocycles. The second-order valence-corrected chi connectivity index (χ2v) is 5.99. The molecule has 3 N–H and O–H groups in total. The number of amides is 3. The summed E-state index contributed by atoms with van der Waals surface area (Å²) in [5.41, 5.74) is 5.88. The first kappa shape index (κ1) is 16.8. The van der Waals surface area contributed by atoms with E-state index in [0.717, 1.165) is 5.56 Å². The Hall–Kier alpha value is -2.61. The third-order valence-corrected chi connectivity index (χ3v) is 4.04. The lowest BCUT2D eigenvalue weighted by Crippen LogP contribution is -2.39. The Labute approximate surface area is 138 Å². The number of carbonyl (C=O) groups is 2. The summed E-state index contributed by atoms with van der Waals surface area (Å²) in [5, 5.41) is 10.4. The van der Waals surface area contributed by atoms with Gasteiger partial charge in [-0.25, -0.2) is 4.79 Å². The number of aromatic nitrogens is 3. The van der Waals surface area contributed by atoms with Crippen molar-refractivity contribution in [3.8, 4) is 11.4 Å². The zero-order valence-corrected chi connectivity index (χ0v) is 13.4. The SMILES string of the molecule is C=CCn1c(S[C@H](C)C(=O)NC(N)=O)nnc1-c1ccccc1. The molecule has 0 aliphatic heterocycles. The van der Waals surface area contributed by atoms with E-state index >= 15 is 0 Å². The third-order valence-electron chi connectivity index (χ3n) is 2.96. The van der Waals surface area contributed by atoms with E-state index in [-0.39, 0.29) is 0 Å². The molecule has 0 aliphatic carbocycles. The second-order valence-electron chi connectivity index (χ2n) is 4.69. The highest BCUT2D eigenvalue weighted by atomic mass is 32.2. The number of allylic oxidation sites excluding steroid dienone is 1. The largest absolute Gasteiger partial charge is 0.351 e. The molecule has 120 valence electrons. The van der Waals surface area contributed by atoms with Crippen molar-refractivity contribution in [1.29, 1.82) is 0 Å². The average molecular weight is 331 g/mol. The molecule has 0 aliphatic rings. The van der Waals surface area contributed by atoms with Gasteiger partial charge in [0.1, 0.15) is 0 Å². The zero-order chi connectivity index (χ0) is 16.8. The smallest absolute Gasteiger partial charge is 0.318 e. The number of nitrogens with one attached hydrogen (secondary N) is 1. The van der Waals surface area contributed by atoms with Crippen LogP contribution in [0.15, 0.2) is 48.1 Å². The maximum absolute atomic E-state index is 11.8. The van der Waals surface area contributed by atoms with E-state index in [0.29, 0.717) is 17.5 Å². The van der Waals surface area contributed by atoms with Crippen LogP contribution in [0.5, 0.6) is 0 Å². The first-order valence-corrected chi connectivity index (χ1v) is 7.77. The van der Waals surface area contributed by atoms with Crippen LogP contribution in [-0.2, 0) is 11.3 Å². The lowest BCUT2D eigenvalue weighted by molar-refractivity contribution is -0.119. The summed E-state index contributed by atoms with van der Waals surface area (Å²) < 4.78 is 1.86. The topological polar surface area (TPSA) is 103 Å². The van der Waals surface area contributed by atoms with Gasteiger partial charge in [0.15, 0.2) is 11.0 Å². The quantitative estimate of drug-likeness (QED) is 0.620. The number of carbonyl (C=O) groups excluding carboxylic acids is 2. The van der Waals surface area contributed by atoms with Gasteiger partial charge >= 0.3 is 6.03 Å². The van der Waals surface area contributed by atoms with Gasteiger partial charge in [0, 0.05) is 12.1 Å². The Balaban J connectivity index is 2.26. The van der Waals surface area contributed by atoms with Gasteiger partial charge in [-0.2, -0.15) is 0 Å². The molecule has 0 unspecified atom stereocenters. The lowest BCUT2D eigenvalue weighted by atomic mass is 10.2. The van der Waals surface area contributed by atoms with Crippen LogP contribution in [0.25, 0.3) is 11.4 Å². The van der Waals surface area contributed by atoms with Crippen molar-refractivity contribution in [2.24, 2.45) is 5.73 Å². The van der Waals surface area contributed by atoms with Gasteiger partial charge in [-0.3, -0.25) is 14.7 Å². The fourth-order valence-corrected chi connectivity index (χ4v) is 2.76. The molecule has 2 aromatic rings. The van der Waals surface area contributed by atoms with Crippen molar-refractivity contribution in [1.82, 2.24) is 20.1 Å². The maximum atomic E-state index is 11.8. The van der Waals surface area contributed by atoms with Crippen molar-refractivity contribution in [2.75, 3.05) is 0 Å². The van der Waals surface area contributed by atoms with E-state index < -0.39 is 17.2 Å². The standard InChI is InChI=1S/C15H17N5O2S/c1-3-9-20-12(11-7-5-4-6-8-11)18-19-15(20)23-10(2)13(21)17-14(16)22/h3-8,10H,1,9H2,2H3,(H3,16,17,21,22)/t10-/m1/s1. The lowest BCUT2D eigenvalue weighted by Gasteiger charge is -2.11. The maximum Gasteiger partial charge on any atom is 0.318 e. The molecule has 1 aromatic heterocycles. The van der Waals surface area contributed by atoms with Crippen molar-refractivity contribution in [3.05, 3.63) is 43.0 Å². The second kappa shape index (κ2) is 7.59. The molecule has 0 bridgehead atoms. The first-order valence-electron chi connectivity index (χ1n) is 6.89. The minimum atomic E-state index is -0.875. The van der Waals surface area contributed by atoms with Gasteiger partial charge in [0.25, 0.3) is 0 Å². The predicted octanol–water partition coefficient (Wildman–Crippen LogP) is 1.81. The van der Waals surface area contributed by atoms with Gasteiger partial charge < -0.3 is 5.73 Å². The van der Waals surface area contributed by atoms with Gasteiger partial charge in [-0.05, 0) is 6.92 Å². The van der Waals surface area contributed by atoms with Crippen LogP contribution in [0.3, 0.4) is 0 Å². The highest BCUT2D eigenvalue weighted by Crippen LogP contribution is 2.26. The molecule has 0 fully saturated rings. The number of urea groups is 1. The summed E-state index contributed by atoms with van der Waals surface area (Å²) in [6, 6.07) is 8.74. The number of imide groups is 1. The van der Waals surface area contributed by atoms with Gasteiger partial charge in [0.05, 0.1) is 5.25 Å². The van der Waals surface area contributed by atoms with Crippen molar-refractivity contribution in [2.45, 2.75) is 23.9 Å². The molecular formula is C15H17N5O2S. The highest BCUT2D eigenvalue weighted by molar-refractivity contribution is 8.00. The Morgan fingerprint density at radius 3 is 2.70 bits per heavy atom. The van der Waals surface area contributed by atoms with Crippen molar-refractivity contribution < 1.29 is 9.59 Å². The van der Waals surface area contributed by atoms with E-state index in [9.17, 15) is 9.59 Å². The van der Waals surface area contributed by atoms with E-state index in [4.69, 9.17) is 5.73 Å². The third kappa shape index (κ3) is 4.19. The highest BCUT2D eigenvalue weighted by Gasteiger charge is 2.21. The monoisotopic (exact) mass is 331 g/mol. The number of primary amides is 1. The molecule has 23 heavy (non-hydrogen) atoms. The summed E-state index contributed by atoms with van der Waals surface area (Å²) in [6.45, 7) is 5.91. The van der Waals surface area contributed by atoms with Crippen LogP contribution in [0.4, 0.5) is 4.79 Å². The fourth-order valence-electron chi connectivity index (χ4n) is 1.91. The minimum absolute atomic E-state index is 0.475. The molecular weight excluding hydrogens is 314 g/mol. The molecule has 0 saturated carbocycles. The number of hydrogen-bond acceptors (Lipinski definition) is 5. The Bertz CT molecular complexity index is 714. The molecule has 8 heteroatoms. The Morgan fingerprint density at radius 1 is 1.39 bits per heavy atom. The average Bonchev–Trinajstić information content (AvgIpc) is 2.90. The van der Waals surface area contributed by atoms with Crippen LogP contribution in [0.1, 0.15) is 6.92 Å². The number of benzene rings is 1. The number of nitrogens with two attached hydrogens (primary N) is 1. The predicted molar refractivity (Wildman–Crippen MR) is 88.7 cm³/mol. The fraction of sp³-hybridized carbons (Fsp3) is 0.200. The van der Waals surface area contributed by atoms with E-state index in [2.05, 4.69) is 22.1 Å². The summed E-state index contributed by atoms with van der Waals surface area (Å²) in [6.07, 6.45) is 1.73. The number of nitrogens with zero attached hydrogens (tertiary/aromatic N) is 3. The van der Waals surface area contributed by atoms with Gasteiger partial charge in [-0.1, -0.05) is 48.2 Å². The summed E-state index contributed by atoms with van der Waals surface area (Å²) in [4.78, 5) is 22.6. The van der Waals surface area contributed by atoms with Crippen LogP contribution in [0.2, 0.25) is 0 Å². The van der Waals surface area contributed by atoms with Crippen LogP contribution in [0, 0.1) is 0 Å². The molecule has 7 nitrogen and oxygen atoms in total. The van der Waals surface area contributed by atoms with Crippen molar-refractivity contribution >= 4 is 23.7 Å². The van der Waals surface area contributed by atoms with Crippen molar-refractivity contribution in [3.63, 3.8) is 0 Å². The molecule has 0 saturated heterocycles. The van der Waals surface area contributed by atoms with E-state index in [1.807, 2.05) is 34.9 Å². The van der Waals surface area contributed by atoms with Crippen LogP contribution < -0.4 is 11.1 Å². The minimum Gasteiger partial charge on any atom is -0.351 e. The number of rotatable bonds is 6. The molecule has 1 atom stereocenters. The molecule has 0 radical (unpaired) electrons. The zero-order valence-electron chi connectivity index (χ0n) is 12.6. The molecule has 0 spiro atoms. The number of thioether (sulfide) groups is 1. The molecule has 1 aromatic carbocycles. The summed E-state index contributed by atoms with van der Waals surface area (Å²) in [5.74, 6) is 0.215. The van der Waals surface area contributed by atoms with Crippen LogP contribution >= 0.6 is 11.8 Å². The molecule has 2 rings (SSSR count). The van der Waals surface area contributed by atoms with Gasteiger partial charge in [-0.15, -0.1) is 16.8 Å². The van der Waals surface area contributed by atoms with E-state index in [1.165, 1.54) is 11.8 Å². The normalized spacial score (nSPS) is 11.7. The number of hydrogen-bond donors (Lipinski definition) is 2. The summed E-state index contributed by atoms with van der Waals surface area (Å²) >= 11 is 1.20. The van der Waals surface area contributed by atoms with Crippen LogP contribution in [-0.4, -0.2) is 32.0 Å². The Morgan fingerprint density at radius 2 is 2.09 bits per heavy atom.